The Hall–Kier alpha value is -1.09. The first-order valence-electron chi connectivity index (χ1n) is 10.7. The maximum Gasteiger partial charge on any atom is 0.331 e. The molecule has 2 fully saturated rings. The van der Waals surface area contributed by atoms with Crippen LogP contribution in [0.25, 0.3) is 0 Å². The van der Waals surface area contributed by atoms with E-state index in [2.05, 4.69) is 40.2 Å². The highest BCUT2D eigenvalue weighted by Crippen LogP contribution is 2.43. The molecule has 148 valence electrons. The van der Waals surface area contributed by atoms with E-state index in [1.54, 1.807) is 0 Å². The molecule has 2 aliphatic rings. The second kappa shape index (κ2) is 9.91. The van der Waals surface area contributed by atoms with Gasteiger partial charge in [-0.15, -0.1) is 0 Å². The molecule has 0 bridgehead atoms. The number of aryl methyl sites for hydroxylation is 1. The fourth-order valence-electron chi connectivity index (χ4n) is 5.41. The Morgan fingerprint density at radius 3 is 2.07 bits per heavy atom. The van der Waals surface area contributed by atoms with Crippen LogP contribution in [0.15, 0.2) is 40.4 Å². The predicted molar refractivity (Wildman–Crippen MR) is 115 cm³/mol. The van der Waals surface area contributed by atoms with Crippen LogP contribution in [0, 0.1) is 23.7 Å². The average Bonchev–Trinajstić information content (AvgIpc) is 2.69. The highest BCUT2D eigenvalue weighted by atomic mass is 79.9. The van der Waals surface area contributed by atoms with Crippen LogP contribution in [-0.2, 0) is 11.2 Å². The molecule has 1 aromatic carbocycles. The van der Waals surface area contributed by atoms with Gasteiger partial charge in [0.05, 0.1) is 0 Å². The molecular weight excluding hydrogens is 400 g/mol. The molecule has 0 spiro atoms. The standard InChI is InChI=1S/C24H33BrO2/c1-2-23(24(26)27)21-13-11-20(12-14-21)19-9-5-17(6-10-19)3-4-18-7-15-22(25)16-8-18/h2,7-8,15-17,19-21H,3-6,9-14H2,1H3,(H,26,27). The van der Waals surface area contributed by atoms with Crippen LogP contribution in [0.2, 0.25) is 0 Å². The molecule has 0 amide bonds. The highest BCUT2D eigenvalue weighted by molar-refractivity contribution is 9.10. The Morgan fingerprint density at radius 2 is 1.56 bits per heavy atom. The van der Waals surface area contributed by atoms with Crippen molar-refractivity contribution in [3.8, 4) is 0 Å². The number of carboxylic acids is 1. The normalized spacial score (nSPS) is 29.5. The molecule has 0 atom stereocenters. The highest BCUT2D eigenvalue weighted by Gasteiger charge is 2.32. The number of aliphatic carboxylic acids is 1. The van der Waals surface area contributed by atoms with E-state index in [0.29, 0.717) is 5.57 Å². The van der Waals surface area contributed by atoms with Gasteiger partial charge in [-0.2, -0.15) is 0 Å². The number of rotatable bonds is 6. The van der Waals surface area contributed by atoms with E-state index < -0.39 is 5.97 Å². The predicted octanol–water partition coefficient (Wildman–Crippen LogP) is 7.03. The van der Waals surface area contributed by atoms with E-state index in [1.165, 1.54) is 56.9 Å². The SMILES string of the molecule is CC=C(C(=O)O)C1CCC(C2CCC(CCc3ccc(Br)cc3)CC2)CC1. The summed E-state index contributed by atoms with van der Waals surface area (Å²) in [6, 6.07) is 8.77. The van der Waals surface area contributed by atoms with Gasteiger partial charge >= 0.3 is 5.97 Å². The van der Waals surface area contributed by atoms with Crippen molar-refractivity contribution < 1.29 is 9.90 Å². The van der Waals surface area contributed by atoms with Gasteiger partial charge in [-0.1, -0.05) is 47.0 Å². The van der Waals surface area contributed by atoms with Crippen molar-refractivity contribution in [2.45, 2.75) is 71.1 Å². The molecule has 1 N–H and O–H groups in total. The fraction of sp³-hybridized carbons (Fsp3) is 0.625. The summed E-state index contributed by atoms with van der Waals surface area (Å²) in [7, 11) is 0. The largest absolute Gasteiger partial charge is 0.478 e. The number of hydrogen-bond acceptors (Lipinski definition) is 1. The van der Waals surface area contributed by atoms with Crippen LogP contribution < -0.4 is 0 Å². The second-order valence-corrected chi connectivity index (χ2v) is 9.52. The van der Waals surface area contributed by atoms with Crippen molar-refractivity contribution in [1.82, 2.24) is 0 Å². The van der Waals surface area contributed by atoms with Gasteiger partial charge < -0.3 is 5.11 Å². The molecule has 0 heterocycles. The molecule has 2 aliphatic carbocycles. The molecule has 1 aromatic rings. The van der Waals surface area contributed by atoms with Crippen molar-refractivity contribution >= 4 is 21.9 Å². The zero-order valence-electron chi connectivity index (χ0n) is 16.5. The number of hydrogen-bond donors (Lipinski definition) is 1. The van der Waals surface area contributed by atoms with Gasteiger partial charge in [0.1, 0.15) is 0 Å². The first kappa shape index (κ1) is 20.6. The van der Waals surface area contributed by atoms with Crippen molar-refractivity contribution in [2.24, 2.45) is 23.7 Å². The van der Waals surface area contributed by atoms with Crippen LogP contribution in [-0.4, -0.2) is 11.1 Å². The van der Waals surface area contributed by atoms with Gasteiger partial charge in [-0.05, 0) is 99.7 Å². The Bertz CT molecular complexity index is 633. The van der Waals surface area contributed by atoms with Gasteiger partial charge in [0.2, 0.25) is 0 Å². The summed E-state index contributed by atoms with van der Waals surface area (Å²) in [6.45, 7) is 1.87. The lowest BCUT2D eigenvalue weighted by Gasteiger charge is -2.38. The zero-order valence-corrected chi connectivity index (χ0v) is 18.1. The van der Waals surface area contributed by atoms with Crippen LogP contribution in [0.5, 0.6) is 0 Å². The Labute approximate surface area is 172 Å². The summed E-state index contributed by atoms with van der Waals surface area (Å²) in [5.41, 5.74) is 2.10. The van der Waals surface area contributed by atoms with E-state index >= 15 is 0 Å². The lowest BCUT2D eigenvalue weighted by molar-refractivity contribution is -0.133. The van der Waals surface area contributed by atoms with Crippen LogP contribution in [0.1, 0.15) is 70.3 Å². The van der Waals surface area contributed by atoms with Gasteiger partial charge in [0, 0.05) is 10.0 Å². The average molecular weight is 433 g/mol. The monoisotopic (exact) mass is 432 g/mol. The maximum atomic E-state index is 11.4. The minimum Gasteiger partial charge on any atom is -0.478 e. The van der Waals surface area contributed by atoms with Crippen LogP contribution in [0.4, 0.5) is 0 Å². The van der Waals surface area contributed by atoms with E-state index in [1.807, 2.05) is 13.0 Å². The number of halogens is 1. The summed E-state index contributed by atoms with van der Waals surface area (Å²) in [5.74, 6) is 2.18. The van der Waals surface area contributed by atoms with Gasteiger partial charge in [0.25, 0.3) is 0 Å². The Balaban J connectivity index is 1.39. The van der Waals surface area contributed by atoms with Crippen LogP contribution in [0.3, 0.4) is 0 Å². The molecule has 0 unspecified atom stereocenters. The van der Waals surface area contributed by atoms with E-state index in [9.17, 15) is 9.90 Å². The molecule has 0 aromatic heterocycles. The third-order valence-electron chi connectivity index (χ3n) is 7.08. The minimum atomic E-state index is -0.716. The second-order valence-electron chi connectivity index (χ2n) is 8.61. The molecular formula is C24H33BrO2. The summed E-state index contributed by atoms with van der Waals surface area (Å²) in [4.78, 5) is 11.4. The summed E-state index contributed by atoms with van der Waals surface area (Å²) in [5, 5.41) is 9.35. The molecule has 27 heavy (non-hydrogen) atoms. The molecule has 0 saturated heterocycles. The van der Waals surface area contributed by atoms with Crippen molar-refractivity contribution in [2.75, 3.05) is 0 Å². The third kappa shape index (κ3) is 5.70. The summed E-state index contributed by atoms with van der Waals surface area (Å²) in [6.07, 6.45) is 14.5. The zero-order chi connectivity index (χ0) is 19.2. The Morgan fingerprint density at radius 1 is 1.00 bits per heavy atom. The maximum absolute atomic E-state index is 11.4. The smallest absolute Gasteiger partial charge is 0.331 e. The number of carboxylic acid groups (broad SMARTS) is 1. The lowest BCUT2D eigenvalue weighted by atomic mass is 9.67. The van der Waals surface area contributed by atoms with Gasteiger partial charge in [-0.25, -0.2) is 4.79 Å². The first-order chi connectivity index (χ1) is 13.1. The molecule has 3 rings (SSSR count). The summed E-state index contributed by atoms with van der Waals surface area (Å²) < 4.78 is 1.16. The topological polar surface area (TPSA) is 37.3 Å². The minimum absolute atomic E-state index is 0.283. The third-order valence-corrected chi connectivity index (χ3v) is 7.61. The molecule has 2 saturated carbocycles. The van der Waals surface area contributed by atoms with E-state index in [0.717, 1.165) is 35.1 Å². The molecule has 0 aliphatic heterocycles. The number of allylic oxidation sites excluding steroid dienone is 1. The molecule has 0 radical (unpaired) electrons. The van der Waals surface area contributed by atoms with Gasteiger partial charge in [-0.3, -0.25) is 0 Å². The van der Waals surface area contributed by atoms with Crippen molar-refractivity contribution in [1.29, 1.82) is 0 Å². The van der Waals surface area contributed by atoms with Crippen LogP contribution >= 0.6 is 15.9 Å². The lowest BCUT2D eigenvalue weighted by Crippen LogP contribution is -2.27. The van der Waals surface area contributed by atoms with E-state index in [-0.39, 0.29) is 5.92 Å². The number of benzene rings is 1. The summed E-state index contributed by atoms with van der Waals surface area (Å²) >= 11 is 3.51. The fourth-order valence-corrected chi connectivity index (χ4v) is 5.67. The number of carbonyl (C=O) groups is 1. The quantitative estimate of drug-likeness (QED) is 0.489. The van der Waals surface area contributed by atoms with Crippen molar-refractivity contribution in [3.05, 3.63) is 46.0 Å². The van der Waals surface area contributed by atoms with Gasteiger partial charge in [0.15, 0.2) is 0 Å². The van der Waals surface area contributed by atoms with Crippen molar-refractivity contribution in [3.63, 3.8) is 0 Å². The Kier molecular flexibility index (Phi) is 7.57. The molecule has 2 nitrogen and oxygen atoms in total. The van der Waals surface area contributed by atoms with E-state index in [4.69, 9.17) is 0 Å². The molecule has 3 heteroatoms. The first-order valence-corrected chi connectivity index (χ1v) is 11.5.